The van der Waals surface area contributed by atoms with E-state index in [-0.39, 0.29) is 11.3 Å². The number of nitrogens with one attached hydrogen (secondary N) is 1. The van der Waals surface area contributed by atoms with E-state index in [4.69, 9.17) is 11.6 Å². The highest BCUT2D eigenvalue weighted by Gasteiger charge is 2.07. The molecule has 2 nitrogen and oxygen atoms in total. The van der Waals surface area contributed by atoms with Crippen molar-refractivity contribution in [1.82, 2.24) is 5.32 Å². The van der Waals surface area contributed by atoms with Crippen molar-refractivity contribution < 1.29 is 4.79 Å². The Labute approximate surface area is 79.7 Å². The minimum absolute atomic E-state index is 0.0699. The highest BCUT2D eigenvalue weighted by Crippen LogP contribution is 2.09. The number of alkyl halides is 1. The number of halogens is 1. The number of carbonyl (C=O) groups excluding carboxylic acids is 1. The zero-order valence-corrected chi connectivity index (χ0v) is 8.82. The molecule has 72 valence electrons. The lowest BCUT2D eigenvalue weighted by Crippen LogP contribution is -2.29. The Morgan fingerprint density at radius 3 is 2.50 bits per heavy atom. The summed E-state index contributed by atoms with van der Waals surface area (Å²) in [6.45, 7) is 6.67. The van der Waals surface area contributed by atoms with E-state index in [1.807, 2.05) is 6.92 Å². The SMILES string of the molecule is CCC(=O)NCC(Cl)CC(C)C. The summed E-state index contributed by atoms with van der Waals surface area (Å²) in [6, 6.07) is 0. The molecule has 1 N–H and O–H groups in total. The molecule has 0 aromatic heterocycles. The van der Waals surface area contributed by atoms with Crippen molar-refractivity contribution in [3.63, 3.8) is 0 Å². The second-order valence-electron chi connectivity index (χ2n) is 3.38. The van der Waals surface area contributed by atoms with Crippen LogP contribution >= 0.6 is 11.6 Å². The van der Waals surface area contributed by atoms with Crippen molar-refractivity contribution in [2.24, 2.45) is 5.92 Å². The van der Waals surface area contributed by atoms with Crippen LogP contribution in [0.15, 0.2) is 0 Å². The predicted molar refractivity (Wildman–Crippen MR) is 52.4 cm³/mol. The fourth-order valence-electron chi connectivity index (χ4n) is 0.944. The Morgan fingerprint density at radius 2 is 2.08 bits per heavy atom. The van der Waals surface area contributed by atoms with Gasteiger partial charge < -0.3 is 5.32 Å². The molecule has 12 heavy (non-hydrogen) atoms. The molecule has 0 rings (SSSR count). The predicted octanol–water partition coefficient (Wildman–Crippen LogP) is 2.17. The molecule has 0 aromatic carbocycles. The van der Waals surface area contributed by atoms with E-state index in [1.54, 1.807) is 0 Å². The molecular formula is C9H18ClNO. The van der Waals surface area contributed by atoms with Crippen molar-refractivity contribution >= 4 is 17.5 Å². The zero-order valence-electron chi connectivity index (χ0n) is 8.06. The molecule has 0 aliphatic carbocycles. The Kier molecular flexibility index (Phi) is 6.17. The van der Waals surface area contributed by atoms with Crippen LogP contribution < -0.4 is 5.32 Å². The topological polar surface area (TPSA) is 29.1 Å². The lowest BCUT2D eigenvalue weighted by Gasteiger charge is -2.12. The summed E-state index contributed by atoms with van der Waals surface area (Å²) in [5, 5.41) is 2.84. The Hall–Kier alpha value is -0.240. The van der Waals surface area contributed by atoms with E-state index >= 15 is 0 Å². The third-order valence-electron chi connectivity index (χ3n) is 1.57. The monoisotopic (exact) mass is 191 g/mol. The van der Waals surface area contributed by atoms with Crippen molar-refractivity contribution in [3.8, 4) is 0 Å². The van der Waals surface area contributed by atoms with Crippen LogP contribution in [0.3, 0.4) is 0 Å². The van der Waals surface area contributed by atoms with Gasteiger partial charge in [-0.25, -0.2) is 0 Å². The van der Waals surface area contributed by atoms with Gasteiger partial charge >= 0.3 is 0 Å². The minimum atomic E-state index is 0.0699. The summed E-state index contributed by atoms with van der Waals surface area (Å²) in [5.41, 5.74) is 0. The largest absolute Gasteiger partial charge is 0.355 e. The highest BCUT2D eigenvalue weighted by molar-refractivity contribution is 6.20. The van der Waals surface area contributed by atoms with Crippen LogP contribution in [0.1, 0.15) is 33.6 Å². The average Bonchev–Trinajstić information content (AvgIpc) is 1.99. The molecule has 0 aromatic rings. The maximum atomic E-state index is 10.8. The van der Waals surface area contributed by atoms with Gasteiger partial charge in [-0.1, -0.05) is 20.8 Å². The minimum Gasteiger partial charge on any atom is -0.355 e. The Balaban J connectivity index is 3.43. The molecule has 0 spiro atoms. The second-order valence-corrected chi connectivity index (χ2v) is 4.00. The average molecular weight is 192 g/mol. The summed E-state index contributed by atoms with van der Waals surface area (Å²) < 4.78 is 0. The molecule has 0 saturated heterocycles. The van der Waals surface area contributed by atoms with Gasteiger partial charge in [0, 0.05) is 13.0 Å². The van der Waals surface area contributed by atoms with Gasteiger partial charge in [-0.2, -0.15) is 0 Å². The molecule has 1 amide bonds. The van der Waals surface area contributed by atoms with E-state index in [2.05, 4.69) is 19.2 Å². The molecule has 0 radical (unpaired) electrons. The van der Waals surface area contributed by atoms with Crippen molar-refractivity contribution in [3.05, 3.63) is 0 Å². The molecule has 0 saturated carbocycles. The summed E-state index contributed by atoms with van der Waals surface area (Å²) in [6.07, 6.45) is 1.48. The first-order valence-corrected chi connectivity index (χ1v) is 4.90. The lowest BCUT2D eigenvalue weighted by atomic mass is 10.1. The number of hydrogen-bond acceptors (Lipinski definition) is 1. The molecular weight excluding hydrogens is 174 g/mol. The van der Waals surface area contributed by atoms with Crippen molar-refractivity contribution in [2.45, 2.75) is 39.0 Å². The number of rotatable bonds is 5. The molecule has 1 atom stereocenters. The van der Waals surface area contributed by atoms with Gasteiger partial charge in [0.15, 0.2) is 0 Å². The summed E-state index contributed by atoms with van der Waals surface area (Å²) in [4.78, 5) is 10.8. The van der Waals surface area contributed by atoms with E-state index < -0.39 is 0 Å². The van der Waals surface area contributed by atoms with Crippen LogP contribution in [0.25, 0.3) is 0 Å². The van der Waals surface area contributed by atoms with Crippen LogP contribution in [-0.2, 0) is 4.79 Å². The third kappa shape index (κ3) is 6.47. The third-order valence-corrected chi connectivity index (χ3v) is 1.90. The summed E-state index contributed by atoms with van der Waals surface area (Å²) in [5.74, 6) is 0.662. The van der Waals surface area contributed by atoms with Gasteiger partial charge in [-0.05, 0) is 12.3 Å². The smallest absolute Gasteiger partial charge is 0.219 e. The van der Waals surface area contributed by atoms with E-state index in [0.717, 1.165) is 6.42 Å². The maximum Gasteiger partial charge on any atom is 0.219 e. The molecule has 0 aliphatic heterocycles. The van der Waals surface area contributed by atoms with E-state index in [9.17, 15) is 4.79 Å². The molecule has 1 unspecified atom stereocenters. The van der Waals surface area contributed by atoms with E-state index in [0.29, 0.717) is 18.9 Å². The maximum absolute atomic E-state index is 10.8. The number of amides is 1. The van der Waals surface area contributed by atoms with E-state index in [1.165, 1.54) is 0 Å². The molecule has 0 heterocycles. The summed E-state index contributed by atoms with van der Waals surface area (Å²) in [7, 11) is 0. The van der Waals surface area contributed by atoms with Gasteiger partial charge in [0.05, 0.1) is 5.38 Å². The standard InChI is InChI=1S/C9H18ClNO/c1-4-9(12)11-6-8(10)5-7(2)3/h7-8H,4-6H2,1-3H3,(H,11,12). The van der Waals surface area contributed by atoms with Gasteiger partial charge in [0.2, 0.25) is 5.91 Å². The number of hydrogen-bond donors (Lipinski definition) is 1. The molecule has 0 fully saturated rings. The van der Waals surface area contributed by atoms with Crippen molar-refractivity contribution in [1.29, 1.82) is 0 Å². The van der Waals surface area contributed by atoms with Crippen molar-refractivity contribution in [2.75, 3.05) is 6.54 Å². The highest BCUT2D eigenvalue weighted by atomic mass is 35.5. The van der Waals surface area contributed by atoms with Crippen LogP contribution in [0.2, 0.25) is 0 Å². The van der Waals surface area contributed by atoms with Crippen LogP contribution in [-0.4, -0.2) is 17.8 Å². The molecule has 3 heteroatoms. The number of carbonyl (C=O) groups is 1. The van der Waals surface area contributed by atoms with Gasteiger partial charge in [0.1, 0.15) is 0 Å². The quantitative estimate of drug-likeness (QED) is 0.664. The fourth-order valence-corrected chi connectivity index (χ4v) is 1.38. The fraction of sp³-hybridized carbons (Fsp3) is 0.889. The van der Waals surface area contributed by atoms with Crippen LogP contribution in [0.4, 0.5) is 0 Å². The van der Waals surface area contributed by atoms with Gasteiger partial charge in [-0.15, -0.1) is 11.6 Å². The van der Waals surface area contributed by atoms with Gasteiger partial charge in [0.25, 0.3) is 0 Å². The Bertz CT molecular complexity index is 136. The van der Waals surface area contributed by atoms with Gasteiger partial charge in [-0.3, -0.25) is 4.79 Å². The first-order chi connectivity index (χ1) is 5.56. The first kappa shape index (κ1) is 11.8. The Morgan fingerprint density at radius 1 is 1.50 bits per heavy atom. The summed E-state index contributed by atoms with van der Waals surface area (Å²) >= 11 is 5.96. The molecule has 0 bridgehead atoms. The second kappa shape index (κ2) is 6.30. The molecule has 0 aliphatic rings. The normalized spacial score (nSPS) is 13.1. The van der Waals surface area contributed by atoms with Crippen LogP contribution in [0.5, 0.6) is 0 Å². The first-order valence-electron chi connectivity index (χ1n) is 4.47. The lowest BCUT2D eigenvalue weighted by molar-refractivity contribution is -0.120. The van der Waals surface area contributed by atoms with Crippen LogP contribution in [0, 0.1) is 5.92 Å². The zero-order chi connectivity index (χ0) is 9.56.